The molecule has 0 saturated carbocycles. The van der Waals surface area contributed by atoms with Gasteiger partial charge in [0.2, 0.25) is 0 Å². The van der Waals surface area contributed by atoms with Crippen molar-refractivity contribution in [1.29, 1.82) is 0 Å². The van der Waals surface area contributed by atoms with Crippen molar-refractivity contribution < 1.29 is 9.59 Å². The summed E-state index contributed by atoms with van der Waals surface area (Å²) in [6.07, 6.45) is 1.42. The highest BCUT2D eigenvalue weighted by Crippen LogP contribution is 2.08. The van der Waals surface area contributed by atoms with E-state index in [9.17, 15) is 9.59 Å². The molecule has 0 radical (unpaired) electrons. The summed E-state index contributed by atoms with van der Waals surface area (Å²) in [5.74, 6) is 0.622. The van der Waals surface area contributed by atoms with Gasteiger partial charge in [-0.1, -0.05) is 25.6 Å². The molecule has 1 atom stereocenters. The quantitative estimate of drug-likeness (QED) is 0.584. The van der Waals surface area contributed by atoms with Gasteiger partial charge in [-0.15, -0.1) is 0 Å². The maximum Gasteiger partial charge on any atom is 0.188 e. The van der Waals surface area contributed by atoms with Crippen molar-refractivity contribution in [2.45, 2.75) is 20.3 Å². The summed E-state index contributed by atoms with van der Waals surface area (Å²) in [5.41, 5.74) is 0. The summed E-state index contributed by atoms with van der Waals surface area (Å²) >= 11 is 1.24. The third-order valence-corrected chi connectivity index (χ3v) is 2.33. The summed E-state index contributed by atoms with van der Waals surface area (Å²) in [5, 5.41) is 0.161. The van der Waals surface area contributed by atoms with Crippen LogP contribution in [0.15, 0.2) is 0 Å². The van der Waals surface area contributed by atoms with E-state index in [4.69, 9.17) is 0 Å². The highest BCUT2D eigenvalue weighted by atomic mass is 32.2. The molecule has 0 aliphatic carbocycles. The van der Waals surface area contributed by atoms with Crippen molar-refractivity contribution in [1.82, 2.24) is 0 Å². The summed E-state index contributed by atoms with van der Waals surface area (Å²) in [6.45, 7) is 3.63. The Labute approximate surface area is 65.4 Å². The molecule has 0 aromatic carbocycles. The molecule has 0 aliphatic rings. The van der Waals surface area contributed by atoms with Crippen LogP contribution in [0.5, 0.6) is 0 Å². The van der Waals surface area contributed by atoms with Gasteiger partial charge in [-0.2, -0.15) is 0 Å². The molecule has 2 nitrogen and oxygen atoms in total. The zero-order valence-corrected chi connectivity index (χ0v) is 7.11. The van der Waals surface area contributed by atoms with Gasteiger partial charge in [0, 0.05) is 18.1 Å². The van der Waals surface area contributed by atoms with Crippen molar-refractivity contribution in [2.75, 3.05) is 5.75 Å². The predicted molar refractivity (Wildman–Crippen MR) is 43.0 cm³/mol. The minimum atomic E-state index is 0.000463. The Morgan fingerprint density at radius 2 is 2.30 bits per heavy atom. The lowest BCUT2D eigenvalue weighted by molar-refractivity contribution is -0.110. The van der Waals surface area contributed by atoms with Crippen LogP contribution in [-0.4, -0.2) is 17.2 Å². The first-order valence-electron chi connectivity index (χ1n) is 3.31. The van der Waals surface area contributed by atoms with Crippen LogP contribution in [0.25, 0.3) is 0 Å². The number of aldehydes is 1. The molecule has 0 aliphatic heterocycles. The monoisotopic (exact) mass is 160 g/mol. The first-order valence-corrected chi connectivity index (χ1v) is 4.30. The van der Waals surface area contributed by atoms with E-state index in [0.717, 1.165) is 6.29 Å². The Hall–Kier alpha value is -0.310. The Kier molecular flexibility index (Phi) is 5.30. The lowest BCUT2D eigenvalue weighted by atomic mass is 10.3. The number of hydrogen-bond acceptors (Lipinski definition) is 3. The molecule has 0 rings (SSSR count). The molecule has 0 fully saturated rings. The summed E-state index contributed by atoms with van der Waals surface area (Å²) in [6, 6.07) is 0. The number of thioether (sulfide) groups is 1. The molecule has 0 aromatic rings. The standard InChI is InChI=1S/C7H12O2S/c1-3-7(9)10-5-6(2)4-8/h4,6H,3,5H2,1-2H3. The fraction of sp³-hybridized carbons (Fsp3) is 0.714. The van der Waals surface area contributed by atoms with Crippen LogP contribution in [-0.2, 0) is 9.59 Å². The van der Waals surface area contributed by atoms with Crippen molar-refractivity contribution in [3.05, 3.63) is 0 Å². The molecular formula is C7H12O2S. The number of carbonyl (C=O) groups excluding carboxylic acids is 2. The highest BCUT2D eigenvalue weighted by molar-refractivity contribution is 8.13. The average Bonchev–Trinajstić information content (AvgIpc) is 1.99. The van der Waals surface area contributed by atoms with Crippen molar-refractivity contribution in [2.24, 2.45) is 5.92 Å². The van der Waals surface area contributed by atoms with Gasteiger partial charge in [-0.3, -0.25) is 4.79 Å². The average molecular weight is 160 g/mol. The van der Waals surface area contributed by atoms with Gasteiger partial charge < -0.3 is 4.79 Å². The topological polar surface area (TPSA) is 34.1 Å². The highest BCUT2D eigenvalue weighted by Gasteiger charge is 2.03. The Bertz CT molecular complexity index is 123. The third-order valence-electron chi connectivity index (χ3n) is 1.03. The SMILES string of the molecule is CCC(=O)SCC(C)C=O. The summed E-state index contributed by atoms with van der Waals surface area (Å²) in [7, 11) is 0. The Morgan fingerprint density at radius 3 is 2.70 bits per heavy atom. The molecule has 58 valence electrons. The fourth-order valence-electron chi connectivity index (χ4n) is 0.366. The minimum absolute atomic E-state index is 0.000463. The van der Waals surface area contributed by atoms with Crippen LogP contribution in [0.2, 0.25) is 0 Å². The van der Waals surface area contributed by atoms with Crippen molar-refractivity contribution in [3.63, 3.8) is 0 Å². The van der Waals surface area contributed by atoms with E-state index in [-0.39, 0.29) is 11.0 Å². The van der Waals surface area contributed by atoms with Crippen molar-refractivity contribution in [3.8, 4) is 0 Å². The molecule has 0 aromatic heterocycles. The molecule has 0 heterocycles. The van der Waals surface area contributed by atoms with E-state index in [1.165, 1.54) is 11.8 Å². The van der Waals surface area contributed by atoms with Gasteiger partial charge in [0.1, 0.15) is 6.29 Å². The van der Waals surface area contributed by atoms with Crippen LogP contribution in [0, 0.1) is 5.92 Å². The zero-order valence-electron chi connectivity index (χ0n) is 6.29. The molecule has 3 heteroatoms. The van der Waals surface area contributed by atoms with Crippen LogP contribution in [0.1, 0.15) is 20.3 Å². The van der Waals surface area contributed by atoms with Crippen LogP contribution < -0.4 is 0 Å². The van der Waals surface area contributed by atoms with Gasteiger partial charge in [0.25, 0.3) is 0 Å². The fourth-order valence-corrected chi connectivity index (χ4v) is 1.10. The predicted octanol–water partition coefficient (Wildman–Crippen LogP) is 1.49. The molecule has 10 heavy (non-hydrogen) atoms. The third kappa shape index (κ3) is 4.56. The second-order valence-electron chi connectivity index (χ2n) is 2.15. The Morgan fingerprint density at radius 1 is 1.70 bits per heavy atom. The van der Waals surface area contributed by atoms with E-state index < -0.39 is 0 Å². The first-order chi connectivity index (χ1) is 4.70. The minimum Gasteiger partial charge on any atom is -0.303 e. The molecule has 1 unspecified atom stereocenters. The number of rotatable bonds is 4. The molecule has 0 amide bonds. The van der Waals surface area contributed by atoms with Gasteiger partial charge in [0.05, 0.1) is 0 Å². The molecule has 0 saturated heterocycles. The van der Waals surface area contributed by atoms with Gasteiger partial charge in [0.15, 0.2) is 5.12 Å². The Balaban J connectivity index is 3.34. The molecule has 0 spiro atoms. The zero-order chi connectivity index (χ0) is 7.98. The van der Waals surface area contributed by atoms with Crippen molar-refractivity contribution >= 4 is 23.2 Å². The maximum absolute atomic E-state index is 10.7. The van der Waals surface area contributed by atoms with E-state index in [0.29, 0.717) is 12.2 Å². The lowest BCUT2D eigenvalue weighted by Gasteiger charge is -1.99. The van der Waals surface area contributed by atoms with E-state index in [1.807, 2.05) is 13.8 Å². The summed E-state index contributed by atoms with van der Waals surface area (Å²) in [4.78, 5) is 20.8. The largest absolute Gasteiger partial charge is 0.303 e. The van der Waals surface area contributed by atoms with Crippen LogP contribution in [0.4, 0.5) is 0 Å². The van der Waals surface area contributed by atoms with Gasteiger partial charge in [-0.25, -0.2) is 0 Å². The van der Waals surface area contributed by atoms with E-state index in [1.54, 1.807) is 0 Å². The van der Waals surface area contributed by atoms with Crippen LogP contribution >= 0.6 is 11.8 Å². The van der Waals surface area contributed by atoms with Gasteiger partial charge in [-0.05, 0) is 0 Å². The molecule has 0 bridgehead atoms. The van der Waals surface area contributed by atoms with Gasteiger partial charge >= 0.3 is 0 Å². The first kappa shape index (κ1) is 9.69. The smallest absolute Gasteiger partial charge is 0.188 e. The second kappa shape index (κ2) is 5.47. The summed E-state index contributed by atoms with van der Waals surface area (Å²) < 4.78 is 0. The number of carbonyl (C=O) groups is 2. The maximum atomic E-state index is 10.7. The molecule has 0 N–H and O–H groups in total. The lowest BCUT2D eigenvalue weighted by Crippen LogP contribution is -2.01. The van der Waals surface area contributed by atoms with Crippen LogP contribution in [0.3, 0.4) is 0 Å². The van der Waals surface area contributed by atoms with E-state index >= 15 is 0 Å². The molecular weight excluding hydrogens is 148 g/mol. The second-order valence-corrected chi connectivity index (χ2v) is 3.23. The van der Waals surface area contributed by atoms with E-state index in [2.05, 4.69) is 0 Å². The number of hydrogen-bond donors (Lipinski definition) is 0. The normalized spacial score (nSPS) is 12.6.